The van der Waals surface area contributed by atoms with Crippen LogP contribution >= 0.6 is 0 Å². The lowest BCUT2D eigenvalue weighted by Gasteiger charge is -2.11. The maximum absolute atomic E-state index is 9.96. The van der Waals surface area contributed by atoms with E-state index in [0.29, 0.717) is 6.54 Å². The molecule has 0 bridgehead atoms. The molecule has 3 heteroatoms. The molecular weight excluding hydrogens is 188 g/mol. The number of aliphatic hydroxyl groups is 1. The number of hydrogen-bond donors (Lipinski definition) is 2. The first-order chi connectivity index (χ1) is 7.24. The van der Waals surface area contributed by atoms with E-state index in [0.717, 1.165) is 16.5 Å². The van der Waals surface area contributed by atoms with Crippen LogP contribution in [0.1, 0.15) is 11.7 Å². The van der Waals surface area contributed by atoms with Crippen LogP contribution in [0.15, 0.2) is 30.5 Å². The largest absolute Gasteiger partial charge is 0.387 e. The fraction of sp³-hybridized carbons (Fsp3) is 0.333. The second-order valence-electron chi connectivity index (χ2n) is 3.78. The molecule has 0 amide bonds. The Morgan fingerprint density at radius 1 is 1.40 bits per heavy atom. The summed E-state index contributed by atoms with van der Waals surface area (Å²) >= 11 is 0. The minimum atomic E-state index is -0.443. The minimum Gasteiger partial charge on any atom is -0.387 e. The van der Waals surface area contributed by atoms with Crippen molar-refractivity contribution in [3.63, 3.8) is 0 Å². The van der Waals surface area contributed by atoms with Gasteiger partial charge in [-0.2, -0.15) is 0 Å². The van der Waals surface area contributed by atoms with Gasteiger partial charge in [0, 0.05) is 30.7 Å². The van der Waals surface area contributed by atoms with Gasteiger partial charge in [-0.3, -0.25) is 0 Å². The van der Waals surface area contributed by atoms with Gasteiger partial charge < -0.3 is 15.0 Å². The van der Waals surface area contributed by atoms with Crippen LogP contribution < -0.4 is 5.32 Å². The Kier molecular flexibility index (Phi) is 2.75. The first-order valence-corrected chi connectivity index (χ1v) is 5.10. The minimum absolute atomic E-state index is 0.443. The molecule has 2 N–H and O–H groups in total. The average Bonchev–Trinajstić information content (AvgIpc) is 2.61. The summed E-state index contributed by atoms with van der Waals surface area (Å²) in [6, 6.07) is 8.06. The molecule has 2 rings (SSSR count). The smallest absolute Gasteiger partial charge is 0.0920 e. The normalized spacial score (nSPS) is 13.3. The van der Waals surface area contributed by atoms with Gasteiger partial charge in [-0.1, -0.05) is 12.1 Å². The standard InChI is InChI=1S/C12H16N2O/c1-13-8-12(15)10-4-3-5-11-9(10)6-7-14(11)2/h3-7,12-13,15H,8H2,1-2H3. The molecule has 1 unspecified atom stereocenters. The lowest BCUT2D eigenvalue weighted by atomic mass is 10.0. The van der Waals surface area contributed by atoms with Gasteiger partial charge in [-0.25, -0.2) is 0 Å². The Labute approximate surface area is 89.3 Å². The predicted molar refractivity (Wildman–Crippen MR) is 61.8 cm³/mol. The van der Waals surface area contributed by atoms with E-state index in [4.69, 9.17) is 0 Å². The fourth-order valence-corrected chi connectivity index (χ4v) is 1.92. The highest BCUT2D eigenvalue weighted by atomic mass is 16.3. The van der Waals surface area contributed by atoms with Crippen molar-refractivity contribution >= 4 is 10.9 Å². The Hall–Kier alpha value is -1.32. The summed E-state index contributed by atoms with van der Waals surface area (Å²) in [6.07, 6.45) is 1.57. The van der Waals surface area contributed by atoms with E-state index in [-0.39, 0.29) is 0 Å². The van der Waals surface area contributed by atoms with E-state index in [1.165, 1.54) is 0 Å². The zero-order chi connectivity index (χ0) is 10.8. The molecule has 0 aliphatic rings. The molecule has 0 spiro atoms. The van der Waals surface area contributed by atoms with Gasteiger partial charge in [0.2, 0.25) is 0 Å². The van der Waals surface area contributed by atoms with Crippen LogP contribution in [0.4, 0.5) is 0 Å². The van der Waals surface area contributed by atoms with Crippen molar-refractivity contribution in [2.24, 2.45) is 7.05 Å². The molecule has 1 atom stereocenters. The number of benzene rings is 1. The van der Waals surface area contributed by atoms with Gasteiger partial charge >= 0.3 is 0 Å². The van der Waals surface area contributed by atoms with E-state index in [9.17, 15) is 5.11 Å². The van der Waals surface area contributed by atoms with Gasteiger partial charge in [0.05, 0.1) is 6.10 Å². The van der Waals surface area contributed by atoms with Crippen LogP contribution in [0.25, 0.3) is 10.9 Å². The summed E-state index contributed by atoms with van der Waals surface area (Å²) in [5.41, 5.74) is 2.14. The summed E-state index contributed by atoms with van der Waals surface area (Å²) < 4.78 is 2.06. The Balaban J connectivity index is 2.51. The van der Waals surface area contributed by atoms with Crippen LogP contribution in [-0.2, 0) is 7.05 Å². The Bertz CT molecular complexity index is 462. The number of aromatic nitrogens is 1. The maximum atomic E-state index is 9.96. The van der Waals surface area contributed by atoms with Crippen LogP contribution in [0.3, 0.4) is 0 Å². The molecule has 2 aromatic rings. The topological polar surface area (TPSA) is 37.2 Å². The van der Waals surface area contributed by atoms with Crippen molar-refractivity contribution < 1.29 is 5.11 Å². The number of nitrogens with zero attached hydrogens (tertiary/aromatic N) is 1. The van der Waals surface area contributed by atoms with E-state index >= 15 is 0 Å². The predicted octanol–water partition coefficient (Wildman–Crippen LogP) is 1.43. The van der Waals surface area contributed by atoms with Crippen molar-refractivity contribution in [3.05, 3.63) is 36.0 Å². The van der Waals surface area contributed by atoms with Gasteiger partial charge in [-0.15, -0.1) is 0 Å². The lowest BCUT2D eigenvalue weighted by molar-refractivity contribution is 0.179. The van der Waals surface area contributed by atoms with Gasteiger partial charge in [0.15, 0.2) is 0 Å². The molecule has 1 heterocycles. The molecule has 0 fully saturated rings. The molecular formula is C12H16N2O. The third-order valence-electron chi connectivity index (χ3n) is 2.72. The third-order valence-corrected chi connectivity index (χ3v) is 2.72. The van der Waals surface area contributed by atoms with Crippen LogP contribution in [-0.4, -0.2) is 23.3 Å². The van der Waals surface area contributed by atoms with E-state index in [1.807, 2.05) is 38.5 Å². The SMILES string of the molecule is CNCC(O)c1cccc2c1ccn2C. The Morgan fingerprint density at radius 2 is 2.20 bits per heavy atom. The highest BCUT2D eigenvalue weighted by Gasteiger charge is 2.11. The monoisotopic (exact) mass is 204 g/mol. The third kappa shape index (κ3) is 1.76. The van der Waals surface area contributed by atoms with Crippen LogP contribution in [0, 0.1) is 0 Å². The van der Waals surface area contributed by atoms with Crippen molar-refractivity contribution in [3.8, 4) is 0 Å². The quantitative estimate of drug-likeness (QED) is 0.793. The summed E-state index contributed by atoms with van der Waals surface area (Å²) in [7, 11) is 3.85. The van der Waals surface area contributed by atoms with Crippen molar-refractivity contribution in [2.45, 2.75) is 6.10 Å². The molecule has 0 saturated heterocycles. The molecule has 15 heavy (non-hydrogen) atoms. The molecule has 3 nitrogen and oxygen atoms in total. The highest BCUT2D eigenvalue weighted by molar-refractivity contribution is 5.84. The van der Waals surface area contributed by atoms with Crippen LogP contribution in [0.2, 0.25) is 0 Å². The van der Waals surface area contributed by atoms with Gasteiger partial charge in [-0.05, 0) is 24.7 Å². The van der Waals surface area contributed by atoms with Gasteiger partial charge in [0.1, 0.15) is 0 Å². The van der Waals surface area contributed by atoms with E-state index in [2.05, 4.69) is 16.0 Å². The number of likely N-dealkylation sites (N-methyl/N-ethyl adjacent to an activating group) is 1. The first kappa shape index (κ1) is 10.2. The number of rotatable bonds is 3. The summed E-state index contributed by atoms with van der Waals surface area (Å²) in [4.78, 5) is 0. The molecule has 0 aliphatic heterocycles. The number of hydrogen-bond acceptors (Lipinski definition) is 2. The second kappa shape index (κ2) is 4.04. The summed E-state index contributed by atoms with van der Waals surface area (Å²) in [5, 5.41) is 14.1. The number of nitrogens with one attached hydrogen (secondary N) is 1. The van der Waals surface area contributed by atoms with Crippen molar-refractivity contribution in [1.29, 1.82) is 0 Å². The van der Waals surface area contributed by atoms with E-state index < -0.39 is 6.10 Å². The van der Waals surface area contributed by atoms with Crippen molar-refractivity contribution in [2.75, 3.05) is 13.6 Å². The molecule has 0 radical (unpaired) electrons. The van der Waals surface area contributed by atoms with Crippen molar-refractivity contribution in [1.82, 2.24) is 9.88 Å². The average molecular weight is 204 g/mol. The number of aliphatic hydroxyl groups excluding tert-OH is 1. The lowest BCUT2D eigenvalue weighted by Crippen LogP contribution is -2.16. The van der Waals surface area contributed by atoms with Crippen LogP contribution in [0.5, 0.6) is 0 Å². The first-order valence-electron chi connectivity index (χ1n) is 5.10. The number of fused-ring (bicyclic) bond motifs is 1. The fourth-order valence-electron chi connectivity index (χ4n) is 1.92. The highest BCUT2D eigenvalue weighted by Crippen LogP contribution is 2.24. The van der Waals surface area contributed by atoms with Gasteiger partial charge in [0.25, 0.3) is 0 Å². The van der Waals surface area contributed by atoms with E-state index in [1.54, 1.807) is 0 Å². The zero-order valence-electron chi connectivity index (χ0n) is 9.07. The molecule has 1 aromatic heterocycles. The number of aryl methyl sites for hydroxylation is 1. The molecule has 0 aliphatic carbocycles. The Morgan fingerprint density at radius 3 is 2.93 bits per heavy atom. The summed E-state index contributed by atoms with van der Waals surface area (Å²) in [6.45, 7) is 0.577. The molecule has 80 valence electrons. The molecule has 0 saturated carbocycles. The summed E-state index contributed by atoms with van der Waals surface area (Å²) in [5.74, 6) is 0. The zero-order valence-corrected chi connectivity index (χ0v) is 9.07. The molecule has 1 aromatic carbocycles. The second-order valence-corrected chi connectivity index (χ2v) is 3.78. The maximum Gasteiger partial charge on any atom is 0.0920 e.